The van der Waals surface area contributed by atoms with Crippen LogP contribution in [0, 0.1) is 13.7 Å². The van der Waals surface area contributed by atoms with Crippen molar-refractivity contribution >= 4 is 34.0 Å². The van der Waals surface area contributed by atoms with Crippen LogP contribution >= 0.6 is 22.6 Å². The van der Waals surface area contributed by atoms with Crippen LogP contribution < -0.4 is 5.32 Å². The molecule has 0 unspecified atom stereocenters. The van der Waals surface area contributed by atoms with E-state index in [0.29, 0.717) is 10.1 Å². The van der Waals surface area contributed by atoms with Gasteiger partial charge in [0, 0.05) is 24.1 Å². The number of halogens is 1. The Balaban J connectivity index is 2.07. The van der Waals surface area contributed by atoms with Crippen molar-refractivity contribution < 1.29 is 4.92 Å². The second-order valence-electron chi connectivity index (χ2n) is 3.31. The zero-order chi connectivity index (χ0) is 12.3. The molecule has 0 radical (unpaired) electrons. The predicted molar refractivity (Wildman–Crippen MR) is 71.7 cm³/mol. The lowest BCUT2D eigenvalue weighted by Crippen LogP contribution is -2.02. The number of hydrogen-bond acceptors (Lipinski definition) is 4. The van der Waals surface area contributed by atoms with Crippen molar-refractivity contribution in [2.45, 2.75) is 6.54 Å². The highest BCUT2D eigenvalue weighted by atomic mass is 127. The predicted octanol–water partition coefficient (Wildman–Crippen LogP) is 2.53. The zero-order valence-corrected chi connectivity index (χ0v) is 10.8. The number of rotatable bonds is 4. The van der Waals surface area contributed by atoms with Gasteiger partial charge in [0.25, 0.3) is 5.69 Å². The van der Waals surface area contributed by atoms with Gasteiger partial charge >= 0.3 is 0 Å². The van der Waals surface area contributed by atoms with E-state index in [1.165, 1.54) is 6.07 Å². The summed E-state index contributed by atoms with van der Waals surface area (Å²) in [6.45, 7) is 0.556. The van der Waals surface area contributed by atoms with Gasteiger partial charge in [-0.2, -0.15) is 0 Å². The van der Waals surface area contributed by atoms with Crippen LogP contribution in [0.3, 0.4) is 0 Å². The molecular weight excluding hydrogens is 335 g/mol. The molecule has 0 atom stereocenters. The molecule has 7 heteroatoms. The number of H-pyrrole nitrogens is 1. The monoisotopic (exact) mass is 344 g/mol. The van der Waals surface area contributed by atoms with Crippen molar-refractivity contribution in [3.8, 4) is 0 Å². The van der Waals surface area contributed by atoms with Gasteiger partial charge in [-0.05, 0) is 34.7 Å². The number of hydrogen-bond donors (Lipinski definition) is 2. The van der Waals surface area contributed by atoms with Gasteiger partial charge in [0.1, 0.15) is 5.82 Å². The number of aromatic nitrogens is 2. The van der Waals surface area contributed by atoms with E-state index < -0.39 is 4.92 Å². The highest BCUT2D eigenvalue weighted by molar-refractivity contribution is 14.1. The number of nitro groups is 1. The maximum atomic E-state index is 10.6. The summed E-state index contributed by atoms with van der Waals surface area (Å²) >= 11 is 1.95. The molecule has 0 amide bonds. The summed E-state index contributed by atoms with van der Waals surface area (Å²) in [6, 6.07) is 4.91. The fourth-order valence-corrected chi connectivity index (χ4v) is 2.06. The summed E-state index contributed by atoms with van der Waals surface area (Å²) in [5.41, 5.74) is 0.950. The average molecular weight is 344 g/mol. The molecule has 0 spiro atoms. The second kappa shape index (κ2) is 5.13. The first-order chi connectivity index (χ1) is 8.16. The molecule has 88 valence electrons. The van der Waals surface area contributed by atoms with E-state index in [0.717, 1.165) is 11.5 Å². The van der Waals surface area contributed by atoms with Crippen LogP contribution in [0.5, 0.6) is 0 Å². The van der Waals surface area contributed by atoms with Gasteiger partial charge in [-0.25, -0.2) is 4.98 Å². The lowest BCUT2D eigenvalue weighted by atomic mass is 10.3. The molecule has 0 aliphatic rings. The SMILES string of the molecule is O=[N+]([O-])c1ccc(NCc2ncc[nH]2)cc1I. The molecule has 0 fully saturated rings. The number of anilines is 1. The van der Waals surface area contributed by atoms with Crippen LogP contribution in [0.2, 0.25) is 0 Å². The number of nitro benzene ring substituents is 1. The van der Waals surface area contributed by atoms with Gasteiger partial charge in [-0.15, -0.1) is 0 Å². The summed E-state index contributed by atoms with van der Waals surface area (Å²) in [5.74, 6) is 0.818. The van der Waals surface area contributed by atoms with E-state index in [1.54, 1.807) is 24.5 Å². The molecule has 6 nitrogen and oxygen atoms in total. The molecule has 0 saturated carbocycles. The number of aromatic amines is 1. The van der Waals surface area contributed by atoms with E-state index in [2.05, 4.69) is 15.3 Å². The Morgan fingerprint density at radius 3 is 2.94 bits per heavy atom. The van der Waals surface area contributed by atoms with E-state index in [4.69, 9.17) is 0 Å². The number of imidazole rings is 1. The van der Waals surface area contributed by atoms with Crippen LogP contribution in [0.25, 0.3) is 0 Å². The quantitative estimate of drug-likeness (QED) is 0.507. The molecule has 1 aromatic heterocycles. The van der Waals surface area contributed by atoms with Crippen molar-refractivity contribution in [2.24, 2.45) is 0 Å². The van der Waals surface area contributed by atoms with Crippen molar-refractivity contribution in [2.75, 3.05) is 5.32 Å². The minimum atomic E-state index is -0.391. The lowest BCUT2D eigenvalue weighted by molar-refractivity contribution is -0.385. The maximum absolute atomic E-state index is 10.6. The van der Waals surface area contributed by atoms with E-state index >= 15 is 0 Å². The van der Waals surface area contributed by atoms with Crippen molar-refractivity contribution in [3.05, 3.63) is 50.1 Å². The molecule has 2 rings (SSSR count). The maximum Gasteiger partial charge on any atom is 0.282 e. The Morgan fingerprint density at radius 1 is 1.53 bits per heavy atom. The first-order valence-electron chi connectivity index (χ1n) is 4.83. The van der Waals surface area contributed by atoms with Gasteiger partial charge in [-0.1, -0.05) is 0 Å². The summed E-state index contributed by atoms with van der Waals surface area (Å²) < 4.78 is 0.608. The van der Waals surface area contributed by atoms with Crippen LogP contribution in [-0.4, -0.2) is 14.9 Å². The van der Waals surface area contributed by atoms with Crippen LogP contribution in [-0.2, 0) is 6.54 Å². The van der Waals surface area contributed by atoms with Crippen LogP contribution in [0.4, 0.5) is 11.4 Å². The summed E-state index contributed by atoms with van der Waals surface area (Å²) in [4.78, 5) is 17.3. The fraction of sp³-hybridized carbons (Fsp3) is 0.100. The Bertz CT molecular complexity index is 527. The Morgan fingerprint density at radius 2 is 2.35 bits per heavy atom. The second-order valence-corrected chi connectivity index (χ2v) is 4.47. The molecule has 2 aromatic rings. The fourth-order valence-electron chi connectivity index (χ4n) is 1.35. The standard InChI is InChI=1S/C10H9IN4O2/c11-8-5-7(1-2-9(8)15(16)17)14-6-10-12-3-4-13-10/h1-5,14H,6H2,(H,12,13). The van der Waals surface area contributed by atoms with Gasteiger partial charge in [0.05, 0.1) is 15.0 Å². The molecule has 0 aliphatic heterocycles. The first kappa shape index (κ1) is 11.8. The van der Waals surface area contributed by atoms with Gasteiger partial charge < -0.3 is 10.3 Å². The Hall–Kier alpha value is -1.64. The highest BCUT2D eigenvalue weighted by Crippen LogP contribution is 2.24. The smallest absolute Gasteiger partial charge is 0.282 e. The zero-order valence-electron chi connectivity index (χ0n) is 8.68. The molecule has 1 aromatic carbocycles. The van der Waals surface area contributed by atoms with E-state index in [9.17, 15) is 10.1 Å². The summed E-state index contributed by atoms with van der Waals surface area (Å²) in [6.07, 6.45) is 3.42. The highest BCUT2D eigenvalue weighted by Gasteiger charge is 2.11. The van der Waals surface area contributed by atoms with Crippen LogP contribution in [0.1, 0.15) is 5.82 Å². The van der Waals surface area contributed by atoms with Crippen molar-refractivity contribution in [1.29, 1.82) is 0 Å². The normalized spacial score (nSPS) is 10.2. The number of nitrogens with one attached hydrogen (secondary N) is 2. The van der Waals surface area contributed by atoms with Crippen molar-refractivity contribution in [3.63, 3.8) is 0 Å². The van der Waals surface area contributed by atoms with E-state index in [1.807, 2.05) is 22.6 Å². The molecule has 1 heterocycles. The minimum Gasteiger partial charge on any atom is -0.378 e. The molecular formula is C10H9IN4O2. The molecule has 0 aliphatic carbocycles. The molecule has 2 N–H and O–H groups in total. The third kappa shape index (κ3) is 2.93. The number of nitrogens with zero attached hydrogens (tertiary/aromatic N) is 2. The Labute approximate surface area is 111 Å². The molecule has 0 saturated heterocycles. The molecule has 0 bridgehead atoms. The third-order valence-electron chi connectivity index (χ3n) is 2.16. The lowest BCUT2D eigenvalue weighted by Gasteiger charge is -2.05. The minimum absolute atomic E-state index is 0.120. The summed E-state index contributed by atoms with van der Waals surface area (Å²) in [7, 11) is 0. The molecule has 17 heavy (non-hydrogen) atoms. The average Bonchev–Trinajstić information content (AvgIpc) is 2.78. The third-order valence-corrected chi connectivity index (χ3v) is 3.02. The Kier molecular flexibility index (Phi) is 3.57. The van der Waals surface area contributed by atoms with Crippen molar-refractivity contribution in [1.82, 2.24) is 9.97 Å². The van der Waals surface area contributed by atoms with Gasteiger partial charge in [0.2, 0.25) is 0 Å². The first-order valence-corrected chi connectivity index (χ1v) is 5.91. The topological polar surface area (TPSA) is 83.8 Å². The van der Waals surface area contributed by atoms with Crippen LogP contribution in [0.15, 0.2) is 30.6 Å². The van der Waals surface area contributed by atoms with E-state index in [-0.39, 0.29) is 5.69 Å². The number of benzene rings is 1. The van der Waals surface area contributed by atoms with Gasteiger partial charge in [-0.3, -0.25) is 10.1 Å². The summed E-state index contributed by atoms with van der Waals surface area (Å²) in [5, 5.41) is 13.8. The van der Waals surface area contributed by atoms with Gasteiger partial charge in [0.15, 0.2) is 0 Å². The largest absolute Gasteiger partial charge is 0.378 e.